The molecule has 1 unspecified atom stereocenters. The third-order valence-corrected chi connectivity index (χ3v) is 8.52. The van der Waals surface area contributed by atoms with Crippen molar-refractivity contribution in [2.24, 2.45) is 0 Å². The van der Waals surface area contributed by atoms with Crippen LogP contribution in [-0.2, 0) is 10.0 Å². The minimum atomic E-state index is -3.91. The molecule has 4 aromatic rings. The Morgan fingerprint density at radius 1 is 1.00 bits per heavy atom. The van der Waals surface area contributed by atoms with Crippen molar-refractivity contribution in [3.63, 3.8) is 0 Å². The van der Waals surface area contributed by atoms with Crippen LogP contribution in [0.5, 0.6) is 0 Å². The van der Waals surface area contributed by atoms with E-state index in [0.29, 0.717) is 47.4 Å². The van der Waals surface area contributed by atoms with E-state index in [2.05, 4.69) is 14.6 Å². The van der Waals surface area contributed by atoms with Gasteiger partial charge in [-0.2, -0.15) is 0 Å². The number of carbonyl (C=O) groups is 1. The van der Waals surface area contributed by atoms with Crippen LogP contribution in [0.15, 0.2) is 83.9 Å². The summed E-state index contributed by atoms with van der Waals surface area (Å²) < 4.78 is 56.1. The number of halogens is 2. The molecule has 202 valence electrons. The number of fused-ring (bicyclic) bond motifs is 1. The number of hydrogen-bond donors (Lipinski definition) is 1. The number of aromatic nitrogens is 1. The molecule has 1 aliphatic rings. The van der Waals surface area contributed by atoms with Crippen molar-refractivity contribution in [3.8, 4) is 0 Å². The van der Waals surface area contributed by atoms with E-state index in [0.717, 1.165) is 6.07 Å². The molecule has 2 heterocycles. The summed E-state index contributed by atoms with van der Waals surface area (Å²) in [5.41, 5.74) is 1.69. The zero-order valence-corrected chi connectivity index (χ0v) is 22.3. The van der Waals surface area contributed by atoms with Crippen LogP contribution >= 0.6 is 0 Å². The number of rotatable bonds is 6. The average molecular weight is 551 g/mol. The number of carbonyl (C=O) groups excluding carboxylic acids is 1. The Bertz CT molecular complexity index is 1600. The number of nitrogens with zero attached hydrogens (tertiary/aromatic N) is 3. The Hall–Kier alpha value is -3.89. The largest absolute Gasteiger partial charge is 0.333 e. The molecule has 5 rings (SSSR count). The fourth-order valence-corrected chi connectivity index (χ4v) is 6.26. The molecule has 0 bridgehead atoms. The lowest BCUT2D eigenvalue weighted by molar-refractivity contribution is 0.0405. The van der Waals surface area contributed by atoms with Crippen molar-refractivity contribution in [1.29, 1.82) is 0 Å². The van der Waals surface area contributed by atoms with Crippen LogP contribution in [0.3, 0.4) is 0 Å². The van der Waals surface area contributed by atoms with Crippen molar-refractivity contribution < 1.29 is 22.0 Å². The van der Waals surface area contributed by atoms with Crippen molar-refractivity contribution in [2.75, 3.05) is 24.4 Å². The molecule has 10 heteroatoms. The molecule has 1 aromatic heterocycles. The van der Waals surface area contributed by atoms with E-state index in [1.165, 1.54) is 18.2 Å². The van der Waals surface area contributed by atoms with E-state index in [1.807, 2.05) is 13.8 Å². The summed E-state index contributed by atoms with van der Waals surface area (Å²) in [6.07, 6.45) is 1.55. The van der Waals surface area contributed by atoms with Crippen molar-refractivity contribution in [1.82, 2.24) is 14.8 Å². The number of sulfonamides is 1. The average Bonchev–Trinajstić information content (AvgIpc) is 2.91. The molecule has 0 saturated carbocycles. The smallest absolute Gasteiger partial charge is 0.264 e. The van der Waals surface area contributed by atoms with Gasteiger partial charge in [0.1, 0.15) is 16.5 Å². The van der Waals surface area contributed by atoms with E-state index in [-0.39, 0.29) is 22.9 Å². The minimum absolute atomic E-state index is 0.0719. The second-order valence-electron chi connectivity index (χ2n) is 9.74. The number of nitrogens with one attached hydrogen (secondary N) is 1. The van der Waals surface area contributed by atoms with Gasteiger partial charge in [-0.25, -0.2) is 17.2 Å². The molecule has 1 N–H and O–H groups in total. The van der Waals surface area contributed by atoms with Crippen LogP contribution in [0.2, 0.25) is 0 Å². The normalized spacial score (nSPS) is 17.2. The molecule has 1 saturated heterocycles. The molecule has 0 radical (unpaired) electrons. The van der Waals surface area contributed by atoms with E-state index in [1.54, 1.807) is 59.6 Å². The van der Waals surface area contributed by atoms with Crippen molar-refractivity contribution >= 4 is 32.5 Å². The van der Waals surface area contributed by atoms with Gasteiger partial charge in [0.15, 0.2) is 0 Å². The van der Waals surface area contributed by atoms with Gasteiger partial charge in [0.25, 0.3) is 15.9 Å². The molecule has 1 fully saturated rings. The molecule has 7 nitrogen and oxygen atoms in total. The molecule has 2 atom stereocenters. The number of benzene rings is 3. The van der Waals surface area contributed by atoms with Gasteiger partial charge in [0, 0.05) is 60.6 Å². The van der Waals surface area contributed by atoms with Crippen LogP contribution in [0.25, 0.3) is 10.9 Å². The number of hydrogen-bond acceptors (Lipinski definition) is 5. The molecule has 1 amide bonds. The maximum Gasteiger partial charge on any atom is 0.264 e. The highest BCUT2D eigenvalue weighted by Gasteiger charge is 2.31. The van der Waals surface area contributed by atoms with Gasteiger partial charge in [0.2, 0.25) is 0 Å². The summed E-state index contributed by atoms with van der Waals surface area (Å²) in [6.45, 7) is 5.37. The van der Waals surface area contributed by atoms with Crippen LogP contribution in [0, 0.1) is 11.6 Å². The molecule has 0 spiro atoms. The van der Waals surface area contributed by atoms with Gasteiger partial charge in [-0.1, -0.05) is 18.2 Å². The maximum absolute atomic E-state index is 13.7. The van der Waals surface area contributed by atoms with Crippen LogP contribution in [-0.4, -0.2) is 54.8 Å². The van der Waals surface area contributed by atoms with Crippen LogP contribution < -0.4 is 4.72 Å². The molecule has 1 aliphatic heterocycles. The summed E-state index contributed by atoms with van der Waals surface area (Å²) in [5, 5.41) is 0.716. The second-order valence-corrected chi connectivity index (χ2v) is 11.4. The Labute approximate surface area is 226 Å². The third kappa shape index (κ3) is 5.62. The summed E-state index contributed by atoms with van der Waals surface area (Å²) >= 11 is 0. The number of anilines is 1. The Morgan fingerprint density at radius 2 is 1.69 bits per heavy atom. The maximum atomic E-state index is 13.7. The van der Waals surface area contributed by atoms with Crippen molar-refractivity contribution in [3.05, 3.63) is 102 Å². The number of piperazine rings is 1. The lowest BCUT2D eigenvalue weighted by Gasteiger charge is -2.42. The first-order valence-corrected chi connectivity index (χ1v) is 14.1. The van der Waals surface area contributed by atoms with E-state index >= 15 is 0 Å². The Kier molecular flexibility index (Phi) is 7.33. The third-order valence-electron chi connectivity index (χ3n) is 7.10. The standard InChI is InChI=1S/C29H28F2N4O3S/c1-19-18-34(20(2)23-15-24(30)17-25(31)16-23)13-14-35(19)29(36)22-8-10-26(11-9-22)33-39(37,38)27-7-3-5-21-6-4-12-32-28(21)27/h3-12,15-17,19-20,33H,13-14,18H2,1-2H3/t19-,20?/m1/s1. The monoisotopic (exact) mass is 550 g/mol. The number of pyridine rings is 1. The van der Waals surface area contributed by atoms with Crippen LogP contribution in [0.1, 0.15) is 35.8 Å². The highest BCUT2D eigenvalue weighted by molar-refractivity contribution is 7.93. The van der Waals surface area contributed by atoms with Gasteiger partial charge >= 0.3 is 0 Å². The Balaban J connectivity index is 1.26. The highest BCUT2D eigenvalue weighted by Crippen LogP contribution is 2.27. The van der Waals surface area contributed by atoms with Gasteiger partial charge < -0.3 is 4.90 Å². The predicted molar refractivity (Wildman–Crippen MR) is 146 cm³/mol. The van der Waals surface area contributed by atoms with Crippen molar-refractivity contribution in [2.45, 2.75) is 30.8 Å². The molecule has 3 aromatic carbocycles. The summed E-state index contributed by atoms with van der Waals surface area (Å²) in [4.78, 5) is 21.4. The molecule has 0 aliphatic carbocycles. The summed E-state index contributed by atoms with van der Waals surface area (Å²) in [6, 6.07) is 18.0. The van der Waals surface area contributed by atoms with Crippen LogP contribution in [0.4, 0.5) is 14.5 Å². The second kappa shape index (κ2) is 10.7. The van der Waals surface area contributed by atoms with E-state index in [9.17, 15) is 22.0 Å². The molecular weight excluding hydrogens is 522 g/mol. The Morgan fingerprint density at radius 3 is 2.38 bits per heavy atom. The first-order valence-electron chi connectivity index (χ1n) is 12.6. The van der Waals surface area contributed by atoms with Gasteiger partial charge in [0.05, 0.1) is 5.52 Å². The lowest BCUT2D eigenvalue weighted by atomic mass is 10.0. The molecular formula is C29H28F2N4O3S. The number of amides is 1. The molecule has 39 heavy (non-hydrogen) atoms. The zero-order chi connectivity index (χ0) is 27.7. The topological polar surface area (TPSA) is 82.6 Å². The SMILES string of the molecule is CC(c1cc(F)cc(F)c1)N1CCN(C(=O)c2ccc(NS(=O)(=O)c3cccc4cccnc34)cc2)[C@H](C)C1. The highest BCUT2D eigenvalue weighted by atomic mass is 32.2. The zero-order valence-electron chi connectivity index (χ0n) is 21.5. The minimum Gasteiger partial charge on any atom is -0.333 e. The summed E-state index contributed by atoms with van der Waals surface area (Å²) in [5.74, 6) is -1.39. The fourth-order valence-electron chi connectivity index (χ4n) is 5.02. The first-order chi connectivity index (χ1) is 18.6. The quantitative estimate of drug-likeness (QED) is 0.356. The van der Waals surface area contributed by atoms with E-state index < -0.39 is 21.7 Å². The fraction of sp³-hybridized carbons (Fsp3) is 0.241. The van der Waals surface area contributed by atoms with E-state index in [4.69, 9.17) is 0 Å². The van der Waals surface area contributed by atoms with Gasteiger partial charge in [-0.3, -0.25) is 19.4 Å². The van der Waals surface area contributed by atoms with Gasteiger partial charge in [-0.15, -0.1) is 0 Å². The first kappa shape index (κ1) is 26.7. The predicted octanol–water partition coefficient (Wildman–Crippen LogP) is 5.22. The lowest BCUT2D eigenvalue weighted by Crippen LogP contribution is -2.54. The van der Waals surface area contributed by atoms with Gasteiger partial charge in [-0.05, 0) is 67.9 Å². The summed E-state index contributed by atoms with van der Waals surface area (Å²) in [7, 11) is -3.91. The number of para-hydroxylation sites is 1.